The maximum absolute atomic E-state index is 6.77. The summed E-state index contributed by atoms with van der Waals surface area (Å²) in [6.07, 6.45) is 30.3. The van der Waals surface area contributed by atoms with Gasteiger partial charge in [-0.1, -0.05) is 97.1 Å². The molecule has 1 N–H and O–H groups in total. The van der Waals surface area contributed by atoms with Crippen molar-refractivity contribution in [2.45, 2.75) is 63.5 Å². The zero-order valence-corrected chi connectivity index (χ0v) is 29.1. The summed E-state index contributed by atoms with van der Waals surface area (Å²) >= 11 is 0. The molecule has 0 saturated carbocycles. The van der Waals surface area contributed by atoms with Gasteiger partial charge in [0.1, 0.15) is 35.0 Å². The van der Waals surface area contributed by atoms with Crippen molar-refractivity contribution in [3.63, 3.8) is 0 Å². The van der Waals surface area contributed by atoms with Crippen LogP contribution in [0.4, 0.5) is 0 Å². The van der Waals surface area contributed by atoms with E-state index in [2.05, 4.69) is 121 Å². The lowest BCUT2D eigenvalue weighted by molar-refractivity contribution is 0.407. The lowest BCUT2D eigenvalue weighted by atomic mass is 9.77. The zero-order valence-electron chi connectivity index (χ0n) is 29.1. The second-order valence-electron chi connectivity index (χ2n) is 14.8. The fourth-order valence-corrected chi connectivity index (χ4v) is 9.36. The first-order chi connectivity index (χ1) is 25.8. The molecule has 0 radical (unpaired) electrons. The lowest BCUT2D eigenvalue weighted by Crippen LogP contribution is -2.41. The largest absolute Gasteiger partial charge is 0.461 e. The summed E-state index contributed by atoms with van der Waals surface area (Å²) in [7, 11) is 0. The molecule has 3 aromatic carbocycles. The summed E-state index contributed by atoms with van der Waals surface area (Å²) in [6, 6.07) is 19.7. The Morgan fingerprint density at radius 3 is 2.62 bits per heavy atom. The van der Waals surface area contributed by atoms with Gasteiger partial charge in [-0.15, -0.1) is 0 Å². The minimum absolute atomic E-state index is 0.0790. The molecule has 5 aliphatic carbocycles. The number of para-hydroxylation sites is 1. The van der Waals surface area contributed by atoms with Crippen LogP contribution < -0.4 is 10.1 Å². The number of nitrogens with zero attached hydrogens (tertiary/aromatic N) is 2. The Morgan fingerprint density at radius 2 is 1.67 bits per heavy atom. The summed E-state index contributed by atoms with van der Waals surface area (Å²) < 4.78 is 13.4. The smallest absolute Gasteiger partial charge is 0.159 e. The summed E-state index contributed by atoms with van der Waals surface area (Å²) in [5.41, 5.74) is 11.1. The van der Waals surface area contributed by atoms with E-state index in [1.54, 1.807) is 0 Å². The molecule has 1 aromatic heterocycles. The van der Waals surface area contributed by atoms with Gasteiger partial charge in [0.15, 0.2) is 5.84 Å². The highest BCUT2D eigenvalue weighted by molar-refractivity contribution is 6.19. The Labute approximate surface area is 303 Å². The van der Waals surface area contributed by atoms with Crippen LogP contribution >= 0.6 is 0 Å². The molecule has 4 aromatic rings. The molecule has 3 atom stereocenters. The minimum Gasteiger partial charge on any atom is -0.461 e. The van der Waals surface area contributed by atoms with Gasteiger partial charge in [-0.05, 0) is 90.6 Å². The molecule has 5 heteroatoms. The number of nitrogens with one attached hydrogen (secondary N) is 1. The van der Waals surface area contributed by atoms with Crippen LogP contribution in [0.2, 0.25) is 0 Å². The van der Waals surface area contributed by atoms with Crippen LogP contribution in [0.15, 0.2) is 135 Å². The van der Waals surface area contributed by atoms with E-state index in [4.69, 9.17) is 19.1 Å². The predicted molar refractivity (Wildman–Crippen MR) is 210 cm³/mol. The van der Waals surface area contributed by atoms with Crippen LogP contribution in [0.25, 0.3) is 28.5 Å². The molecular weight excluding hydrogens is 639 g/mol. The van der Waals surface area contributed by atoms with Gasteiger partial charge >= 0.3 is 0 Å². The van der Waals surface area contributed by atoms with E-state index in [0.717, 1.165) is 97.2 Å². The fourth-order valence-electron chi connectivity index (χ4n) is 9.36. The second kappa shape index (κ2) is 11.9. The number of aliphatic imine (C=N–C) groups is 2. The minimum atomic E-state index is -0.349. The van der Waals surface area contributed by atoms with Crippen LogP contribution in [-0.4, -0.2) is 17.8 Å². The van der Waals surface area contributed by atoms with E-state index >= 15 is 0 Å². The average molecular weight is 678 g/mol. The number of fused-ring (bicyclic) bond motifs is 9. The first-order valence-corrected chi connectivity index (χ1v) is 19.0. The standard InChI is InChI=1S/C47H39N3O2/c1-2-13-28(14-3-1)45-48-46(38-25-29-15-4-5-16-31(29)33-17-6-7-18-34(33)38)50-47(49-45)39-26-30(27-42-43(39)37-20-9-11-24-41(37)51-42)32-21-12-22-36-35-19-8-10-23-40(35)52-44(32)36/h2,5-8,10-14,16-19,21,23-26,30,36,47H,1,3-4,9,15,20,22,27H2,(H,48,49,50). The Morgan fingerprint density at radius 1 is 0.808 bits per heavy atom. The molecule has 0 amide bonds. The molecule has 254 valence electrons. The maximum atomic E-state index is 6.77. The van der Waals surface area contributed by atoms with Crippen molar-refractivity contribution in [1.82, 2.24) is 5.32 Å². The molecule has 0 saturated heterocycles. The number of allylic oxidation sites excluding steroid dienone is 9. The van der Waals surface area contributed by atoms with Gasteiger partial charge in [0.2, 0.25) is 0 Å². The molecule has 0 fully saturated rings. The highest BCUT2D eigenvalue weighted by Gasteiger charge is 2.39. The number of ether oxygens (including phenoxy) is 1. The van der Waals surface area contributed by atoms with Crippen LogP contribution in [0.5, 0.6) is 5.75 Å². The monoisotopic (exact) mass is 677 g/mol. The van der Waals surface area contributed by atoms with E-state index < -0.39 is 0 Å². The first-order valence-electron chi connectivity index (χ1n) is 19.0. The maximum Gasteiger partial charge on any atom is 0.159 e. The molecule has 0 bridgehead atoms. The van der Waals surface area contributed by atoms with Gasteiger partial charge in [0.25, 0.3) is 0 Å². The van der Waals surface area contributed by atoms with E-state index in [0.29, 0.717) is 0 Å². The molecule has 2 aliphatic heterocycles. The quantitative estimate of drug-likeness (QED) is 0.234. The van der Waals surface area contributed by atoms with Gasteiger partial charge in [0, 0.05) is 51.7 Å². The van der Waals surface area contributed by atoms with E-state index in [9.17, 15) is 0 Å². The first kappa shape index (κ1) is 30.0. The fraction of sp³-hybridized carbons (Fsp3) is 0.234. The van der Waals surface area contributed by atoms with Crippen molar-refractivity contribution in [2.24, 2.45) is 15.9 Å². The van der Waals surface area contributed by atoms with Crippen molar-refractivity contribution in [1.29, 1.82) is 0 Å². The summed E-state index contributed by atoms with van der Waals surface area (Å²) in [5.74, 6) is 6.08. The Balaban J connectivity index is 1.08. The van der Waals surface area contributed by atoms with Gasteiger partial charge in [-0.25, -0.2) is 9.98 Å². The van der Waals surface area contributed by atoms with Gasteiger partial charge < -0.3 is 14.5 Å². The topological polar surface area (TPSA) is 59.1 Å². The van der Waals surface area contributed by atoms with Gasteiger partial charge in [-0.2, -0.15) is 0 Å². The summed E-state index contributed by atoms with van der Waals surface area (Å²) in [5, 5.41) is 6.41. The van der Waals surface area contributed by atoms with Crippen LogP contribution in [0.3, 0.4) is 0 Å². The van der Waals surface area contributed by atoms with E-state index in [1.165, 1.54) is 49.7 Å². The van der Waals surface area contributed by atoms with Crippen molar-refractivity contribution in [2.75, 3.05) is 0 Å². The Kier molecular flexibility index (Phi) is 6.89. The third-order valence-corrected chi connectivity index (χ3v) is 11.8. The Bertz CT molecular complexity index is 2490. The SMILES string of the molecule is C1=CC(C2=NC(C3=CC(C4=C5Oc6ccccc6C5CC=C4)Cc4oc5c(c43)CCC=C5)NC(c3cc4c(c5ccccc35)C=CCC4)=N2)=CCC1. The van der Waals surface area contributed by atoms with Gasteiger partial charge in [0.05, 0.1) is 0 Å². The second-order valence-corrected chi connectivity index (χ2v) is 14.8. The number of furan rings is 1. The highest BCUT2D eigenvalue weighted by Crippen LogP contribution is 2.50. The molecule has 7 aliphatic rings. The molecule has 52 heavy (non-hydrogen) atoms. The molecule has 0 spiro atoms. The number of hydrogen-bond donors (Lipinski definition) is 1. The normalized spacial score (nSPS) is 23.7. The summed E-state index contributed by atoms with van der Waals surface area (Å²) in [6.45, 7) is 0. The molecule has 3 heterocycles. The molecular formula is C47H39N3O2. The number of amidine groups is 2. The van der Waals surface area contributed by atoms with Crippen molar-refractivity contribution >= 4 is 40.2 Å². The number of benzene rings is 3. The van der Waals surface area contributed by atoms with Gasteiger partial charge in [-0.3, -0.25) is 0 Å². The molecule has 5 nitrogen and oxygen atoms in total. The van der Waals surface area contributed by atoms with E-state index in [-0.39, 0.29) is 18.0 Å². The Hall–Kier alpha value is -5.68. The van der Waals surface area contributed by atoms with Crippen molar-refractivity contribution in [3.05, 3.63) is 165 Å². The van der Waals surface area contributed by atoms with Crippen molar-refractivity contribution < 1.29 is 9.15 Å². The molecule has 11 rings (SSSR count). The number of aryl methyl sites for hydroxylation is 1. The third-order valence-electron chi connectivity index (χ3n) is 11.8. The number of hydrogen-bond acceptors (Lipinski definition) is 5. The molecule has 3 unspecified atom stereocenters. The zero-order chi connectivity index (χ0) is 34.2. The van der Waals surface area contributed by atoms with E-state index in [1.807, 2.05) is 0 Å². The summed E-state index contributed by atoms with van der Waals surface area (Å²) in [4.78, 5) is 10.8. The van der Waals surface area contributed by atoms with Crippen LogP contribution in [-0.2, 0) is 19.3 Å². The average Bonchev–Trinajstić information content (AvgIpc) is 3.79. The lowest BCUT2D eigenvalue weighted by Gasteiger charge is -2.31. The van der Waals surface area contributed by atoms with Crippen LogP contribution in [0.1, 0.15) is 82.9 Å². The third kappa shape index (κ3) is 4.75. The van der Waals surface area contributed by atoms with Crippen molar-refractivity contribution in [3.8, 4) is 5.75 Å². The number of rotatable bonds is 4. The highest BCUT2D eigenvalue weighted by atomic mass is 16.5. The van der Waals surface area contributed by atoms with Crippen LogP contribution in [0, 0.1) is 5.92 Å². The predicted octanol–water partition coefficient (Wildman–Crippen LogP) is 10.3.